The summed E-state index contributed by atoms with van der Waals surface area (Å²) in [7, 11) is 0. The molecule has 0 spiro atoms. The average molecular weight is 240 g/mol. The average Bonchev–Trinajstić information content (AvgIpc) is 2.37. The monoisotopic (exact) mass is 240 g/mol. The molecule has 17 heavy (non-hydrogen) atoms. The Morgan fingerprint density at radius 3 is 2.35 bits per heavy atom. The van der Waals surface area contributed by atoms with Crippen LogP contribution in [0.5, 0.6) is 0 Å². The summed E-state index contributed by atoms with van der Waals surface area (Å²) in [6, 6.07) is 0. The molecule has 0 saturated carbocycles. The van der Waals surface area contributed by atoms with Crippen LogP contribution in [0.4, 0.5) is 0 Å². The van der Waals surface area contributed by atoms with Crippen molar-refractivity contribution in [1.29, 1.82) is 0 Å². The van der Waals surface area contributed by atoms with E-state index in [-0.39, 0.29) is 16.7 Å². The summed E-state index contributed by atoms with van der Waals surface area (Å²) in [6.07, 6.45) is 3.99. The van der Waals surface area contributed by atoms with Crippen molar-refractivity contribution in [2.75, 3.05) is 19.6 Å². The van der Waals surface area contributed by atoms with E-state index in [1.807, 2.05) is 0 Å². The number of hydrogen-bond donors (Lipinski definition) is 2. The molecule has 1 amide bonds. The molecule has 0 unspecified atom stereocenters. The summed E-state index contributed by atoms with van der Waals surface area (Å²) in [5, 5.41) is 6.50. The molecule has 0 aliphatic carbocycles. The van der Waals surface area contributed by atoms with E-state index in [1.54, 1.807) is 0 Å². The molecule has 2 N–H and O–H groups in total. The van der Waals surface area contributed by atoms with Crippen molar-refractivity contribution in [3.8, 4) is 0 Å². The number of carbonyl (C=O) groups is 1. The highest BCUT2D eigenvalue weighted by Crippen LogP contribution is 2.33. The van der Waals surface area contributed by atoms with Gasteiger partial charge in [0.2, 0.25) is 5.91 Å². The van der Waals surface area contributed by atoms with Crippen molar-refractivity contribution in [2.24, 2.45) is 10.8 Å². The third-order valence-corrected chi connectivity index (χ3v) is 4.40. The smallest absolute Gasteiger partial charge is 0.226 e. The van der Waals surface area contributed by atoms with Crippen LogP contribution in [-0.4, -0.2) is 25.5 Å². The first-order chi connectivity index (χ1) is 7.96. The lowest BCUT2D eigenvalue weighted by Gasteiger charge is -2.36. The van der Waals surface area contributed by atoms with Gasteiger partial charge in [0.25, 0.3) is 0 Å². The largest absolute Gasteiger partial charge is 0.355 e. The Bertz CT molecular complexity index is 255. The Balaban J connectivity index is 2.55. The van der Waals surface area contributed by atoms with Gasteiger partial charge in [0.1, 0.15) is 0 Å². The van der Waals surface area contributed by atoms with Gasteiger partial charge in [-0.3, -0.25) is 4.79 Å². The predicted molar refractivity (Wildman–Crippen MR) is 71.9 cm³/mol. The van der Waals surface area contributed by atoms with E-state index in [0.29, 0.717) is 0 Å². The van der Waals surface area contributed by atoms with Crippen molar-refractivity contribution < 1.29 is 4.79 Å². The van der Waals surface area contributed by atoms with Gasteiger partial charge in [0, 0.05) is 6.54 Å². The lowest BCUT2D eigenvalue weighted by Crippen LogP contribution is -2.49. The molecule has 0 aromatic carbocycles. The maximum Gasteiger partial charge on any atom is 0.226 e. The lowest BCUT2D eigenvalue weighted by atomic mass is 9.75. The maximum absolute atomic E-state index is 12.4. The summed E-state index contributed by atoms with van der Waals surface area (Å²) in [6.45, 7) is 11.4. The van der Waals surface area contributed by atoms with Crippen LogP contribution in [0.15, 0.2) is 0 Å². The second-order valence-electron chi connectivity index (χ2n) is 6.08. The number of nitrogens with one attached hydrogen (secondary N) is 2. The molecule has 1 fully saturated rings. The van der Waals surface area contributed by atoms with E-state index < -0.39 is 0 Å². The molecule has 0 aromatic heterocycles. The Kier molecular flexibility index (Phi) is 4.99. The molecule has 0 bridgehead atoms. The Morgan fingerprint density at radius 1 is 1.29 bits per heavy atom. The second-order valence-corrected chi connectivity index (χ2v) is 6.08. The highest BCUT2D eigenvalue weighted by atomic mass is 16.2. The third kappa shape index (κ3) is 3.70. The summed E-state index contributed by atoms with van der Waals surface area (Å²) < 4.78 is 0. The molecule has 1 aliphatic rings. The SMILES string of the molecule is CCC(C)(C)CNC(=O)C1(CC)CCNCC1. The number of amides is 1. The quantitative estimate of drug-likeness (QED) is 0.774. The Hall–Kier alpha value is -0.570. The van der Waals surface area contributed by atoms with Crippen LogP contribution < -0.4 is 10.6 Å². The van der Waals surface area contributed by atoms with Gasteiger partial charge >= 0.3 is 0 Å². The molecule has 1 aliphatic heterocycles. The van der Waals surface area contributed by atoms with Gasteiger partial charge in [-0.25, -0.2) is 0 Å². The van der Waals surface area contributed by atoms with E-state index in [1.165, 1.54) is 0 Å². The minimum atomic E-state index is -0.116. The number of hydrogen-bond acceptors (Lipinski definition) is 2. The second kappa shape index (κ2) is 5.85. The van der Waals surface area contributed by atoms with Gasteiger partial charge in [0.15, 0.2) is 0 Å². The standard InChI is InChI=1S/C14H28N2O/c1-5-13(3,4)11-16-12(17)14(6-2)7-9-15-10-8-14/h15H,5-11H2,1-4H3,(H,16,17). The van der Waals surface area contributed by atoms with Gasteiger partial charge in [0.05, 0.1) is 5.41 Å². The van der Waals surface area contributed by atoms with Gasteiger partial charge in [-0.2, -0.15) is 0 Å². The zero-order chi connectivity index (χ0) is 12.9. The summed E-state index contributed by atoms with van der Waals surface area (Å²) in [5.74, 6) is 0.267. The molecule has 1 saturated heterocycles. The molecule has 0 radical (unpaired) electrons. The van der Waals surface area contributed by atoms with E-state index in [0.717, 1.165) is 45.3 Å². The lowest BCUT2D eigenvalue weighted by molar-refractivity contribution is -0.133. The first kappa shape index (κ1) is 14.5. The van der Waals surface area contributed by atoms with Gasteiger partial charge in [-0.15, -0.1) is 0 Å². The van der Waals surface area contributed by atoms with Crippen molar-refractivity contribution in [1.82, 2.24) is 10.6 Å². The fourth-order valence-corrected chi connectivity index (χ4v) is 2.28. The predicted octanol–water partition coefficient (Wildman–Crippen LogP) is 2.32. The zero-order valence-corrected chi connectivity index (χ0v) is 11.9. The van der Waals surface area contributed by atoms with Crippen molar-refractivity contribution in [2.45, 2.75) is 53.4 Å². The fraction of sp³-hybridized carbons (Fsp3) is 0.929. The van der Waals surface area contributed by atoms with Crippen molar-refractivity contribution in [3.05, 3.63) is 0 Å². The molecule has 0 aromatic rings. The zero-order valence-electron chi connectivity index (χ0n) is 11.9. The molecule has 3 nitrogen and oxygen atoms in total. The normalized spacial score (nSPS) is 20.0. The molecule has 1 rings (SSSR count). The highest BCUT2D eigenvalue weighted by Gasteiger charge is 2.37. The van der Waals surface area contributed by atoms with Crippen LogP contribution in [0.1, 0.15) is 53.4 Å². The summed E-state index contributed by atoms with van der Waals surface area (Å²) in [5.41, 5.74) is 0.0899. The van der Waals surface area contributed by atoms with E-state index in [9.17, 15) is 4.79 Å². The molecular formula is C14H28N2O. The molecule has 100 valence electrons. The molecule has 3 heteroatoms. The van der Waals surface area contributed by atoms with Crippen molar-refractivity contribution in [3.63, 3.8) is 0 Å². The maximum atomic E-state index is 12.4. The number of rotatable bonds is 5. The van der Waals surface area contributed by atoms with Crippen LogP contribution in [0.3, 0.4) is 0 Å². The highest BCUT2D eigenvalue weighted by molar-refractivity contribution is 5.82. The molecule has 0 atom stereocenters. The summed E-state index contributed by atoms with van der Waals surface area (Å²) in [4.78, 5) is 12.4. The topological polar surface area (TPSA) is 41.1 Å². The molecular weight excluding hydrogens is 212 g/mol. The van der Waals surface area contributed by atoms with Gasteiger partial charge in [-0.1, -0.05) is 27.7 Å². The summed E-state index contributed by atoms with van der Waals surface area (Å²) >= 11 is 0. The van der Waals surface area contributed by atoms with Gasteiger partial charge in [-0.05, 0) is 44.2 Å². The third-order valence-electron chi connectivity index (χ3n) is 4.40. The van der Waals surface area contributed by atoms with Crippen LogP contribution in [0.25, 0.3) is 0 Å². The van der Waals surface area contributed by atoms with Crippen LogP contribution in [0.2, 0.25) is 0 Å². The molecule has 1 heterocycles. The van der Waals surface area contributed by atoms with Gasteiger partial charge < -0.3 is 10.6 Å². The van der Waals surface area contributed by atoms with Crippen LogP contribution in [0, 0.1) is 10.8 Å². The number of carbonyl (C=O) groups excluding carboxylic acids is 1. The number of piperidine rings is 1. The fourth-order valence-electron chi connectivity index (χ4n) is 2.28. The van der Waals surface area contributed by atoms with E-state index in [2.05, 4.69) is 38.3 Å². The van der Waals surface area contributed by atoms with Crippen LogP contribution >= 0.6 is 0 Å². The van der Waals surface area contributed by atoms with E-state index in [4.69, 9.17) is 0 Å². The first-order valence-corrected chi connectivity index (χ1v) is 6.95. The van der Waals surface area contributed by atoms with E-state index >= 15 is 0 Å². The van der Waals surface area contributed by atoms with Crippen LogP contribution in [-0.2, 0) is 4.79 Å². The Morgan fingerprint density at radius 2 is 1.88 bits per heavy atom. The minimum Gasteiger partial charge on any atom is -0.355 e. The Labute approximate surface area is 106 Å². The van der Waals surface area contributed by atoms with Crippen molar-refractivity contribution >= 4 is 5.91 Å². The minimum absolute atomic E-state index is 0.116. The first-order valence-electron chi connectivity index (χ1n) is 6.95.